The number of halogens is 1. The topological polar surface area (TPSA) is 78.7 Å². The molecule has 0 atom stereocenters. The van der Waals surface area contributed by atoms with Crippen LogP contribution in [0.25, 0.3) is 0 Å². The summed E-state index contributed by atoms with van der Waals surface area (Å²) in [5.41, 5.74) is 1.22. The maximum absolute atomic E-state index is 11.6. The van der Waals surface area contributed by atoms with E-state index in [2.05, 4.69) is 32.4 Å². The molecule has 0 bridgehead atoms. The molecule has 8 heteroatoms. The van der Waals surface area contributed by atoms with Gasteiger partial charge in [-0.15, -0.1) is 24.0 Å². The first kappa shape index (κ1) is 18.5. The van der Waals surface area contributed by atoms with Gasteiger partial charge in [-0.1, -0.05) is 0 Å². The van der Waals surface area contributed by atoms with Crippen LogP contribution in [0.4, 0.5) is 0 Å². The molecule has 0 fully saturated rings. The lowest BCUT2D eigenvalue weighted by Gasteiger charge is -2.11. The third-order valence-corrected chi connectivity index (χ3v) is 3.44. The van der Waals surface area contributed by atoms with E-state index in [9.17, 15) is 4.79 Å². The number of carbonyl (C=O) groups is 1. The van der Waals surface area contributed by atoms with Crippen LogP contribution in [-0.4, -0.2) is 32.0 Å². The molecule has 2 aromatic heterocycles. The van der Waals surface area contributed by atoms with E-state index in [0.29, 0.717) is 24.8 Å². The second kappa shape index (κ2) is 10.2. The van der Waals surface area contributed by atoms with Crippen molar-refractivity contribution >= 4 is 47.2 Å². The Kier molecular flexibility index (Phi) is 8.60. The molecular formula is C14H19IN4O2S. The largest absolute Gasteiger partial charge is 0.459 e. The predicted molar refractivity (Wildman–Crippen MR) is 99.0 cm³/mol. The van der Waals surface area contributed by atoms with Crippen LogP contribution in [0.5, 0.6) is 0 Å². The van der Waals surface area contributed by atoms with Gasteiger partial charge in [0.05, 0.1) is 6.26 Å². The summed E-state index contributed by atoms with van der Waals surface area (Å²) < 4.78 is 5.01. The molecule has 1 amide bonds. The van der Waals surface area contributed by atoms with Gasteiger partial charge in [-0.25, -0.2) is 0 Å². The molecule has 0 saturated carbocycles. The Morgan fingerprint density at radius 1 is 1.27 bits per heavy atom. The van der Waals surface area contributed by atoms with Crippen LogP contribution < -0.4 is 16.0 Å². The van der Waals surface area contributed by atoms with Gasteiger partial charge in [0.1, 0.15) is 0 Å². The van der Waals surface area contributed by atoms with Gasteiger partial charge >= 0.3 is 0 Å². The van der Waals surface area contributed by atoms with Gasteiger partial charge in [-0.3, -0.25) is 9.79 Å². The van der Waals surface area contributed by atoms with Crippen molar-refractivity contribution in [3.63, 3.8) is 0 Å². The zero-order valence-electron chi connectivity index (χ0n) is 12.2. The molecule has 0 radical (unpaired) electrons. The number of thiophene rings is 1. The fourth-order valence-corrected chi connectivity index (χ4v) is 2.32. The Hall–Kier alpha value is -1.55. The average Bonchev–Trinajstić information content (AvgIpc) is 3.19. The van der Waals surface area contributed by atoms with Crippen molar-refractivity contribution in [3.8, 4) is 0 Å². The molecule has 2 heterocycles. The van der Waals surface area contributed by atoms with Crippen molar-refractivity contribution in [1.29, 1.82) is 0 Å². The fourth-order valence-electron chi connectivity index (χ4n) is 1.65. The van der Waals surface area contributed by atoms with Crippen molar-refractivity contribution in [2.45, 2.75) is 6.54 Å². The lowest BCUT2D eigenvalue weighted by atomic mass is 10.3. The fraction of sp³-hybridized carbons (Fsp3) is 0.286. The molecule has 0 aliphatic heterocycles. The number of nitrogens with one attached hydrogen (secondary N) is 3. The first-order valence-electron chi connectivity index (χ1n) is 6.57. The second-order valence-electron chi connectivity index (χ2n) is 4.22. The molecular weight excluding hydrogens is 415 g/mol. The van der Waals surface area contributed by atoms with Crippen molar-refractivity contribution in [2.24, 2.45) is 4.99 Å². The van der Waals surface area contributed by atoms with E-state index in [0.717, 1.165) is 6.54 Å². The van der Waals surface area contributed by atoms with E-state index in [1.807, 2.05) is 5.38 Å². The minimum atomic E-state index is -0.219. The standard InChI is InChI=1S/C14H18N4O2S.HI/c1-15-14(18-9-11-4-8-21-10-11)17-6-5-16-13(19)12-3-2-7-20-12;/h2-4,7-8,10H,5-6,9H2,1H3,(H,16,19)(H2,15,17,18);1H. The number of amides is 1. The van der Waals surface area contributed by atoms with E-state index in [1.165, 1.54) is 11.8 Å². The quantitative estimate of drug-likeness (QED) is 0.282. The number of guanidine groups is 1. The number of nitrogens with zero attached hydrogens (tertiary/aromatic N) is 1. The van der Waals surface area contributed by atoms with Crippen LogP contribution in [0.3, 0.4) is 0 Å². The molecule has 0 aliphatic carbocycles. The predicted octanol–water partition coefficient (Wildman–Crippen LogP) is 2.05. The summed E-state index contributed by atoms with van der Waals surface area (Å²) in [5, 5.41) is 13.2. The number of carbonyl (C=O) groups excluding carboxylic acids is 1. The molecule has 0 aliphatic rings. The Bertz CT molecular complexity index is 570. The van der Waals surface area contributed by atoms with Gasteiger partial charge in [0.15, 0.2) is 11.7 Å². The van der Waals surface area contributed by atoms with Crippen LogP contribution in [0, 0.1) is 0 Å². The number of hydrogen-bond donors (Lipinski definition) is 3. The van der Waals surface area contributed by atoms with E-state index >= 15 is 0 Å². The number of furan rings is 1. The molecule has 120 valence electrons. The highest BCUT2D eigenvalue weighted by Gasteiger charge is 2.06. The Morgan fingerprint density at radius 3 is 2.73 bits per heavy atom. The van der Waals surface area contributed by atoms with Crippen LogP contribution >= 0.6 is 35.3 Å². The minimum Gasteiger partial charge on any atom is -0.459 e. The van der Waals surface area contributed by atoms with Gasteiger partial charge < -0.3 is 20.4 Å². The van der Waals surface area contributed by atoms with Gasteiger partial charge in [0, 0.05) is 26.7 Å². The van der Waals surface area contributed by atoms with Crippen molar-refractivity contribution in [3.05, 3.63) is 46.5 Å². The molecule has 3 N–H and O–H groups in total. The monoisotopic (exact) mass is 434 g/mol. The highest BCUT2D eigenvalue weighted by atomic mass is 127. The van der Waals surface area contributed by atoms with E-state index in [1.54, 1.807) is 30.5 Å². The highest BCUT2D eigenvalue weighted by Crippen LogP contribution is 2.04. The lowest BCUT2D eigenvalue weighted by molar-refractivity contribution is 0.0926. The first-order valence-corrected chi connectivity index (χ1v) is 7.51. The lowest BCUT2D eigenvalue weighted by Crippen LogP contribution is -2.41. The number of rotatable bonds is 6. The number of hydrogen-bond acceptors (Lipinski definition) is 4. The molecule has 0 aromatic carbocycles. The third kappa shape index (κ3) is 6.06. The molecule has 6 nitrogen and oxygen atoms in total. The van der Waals surface area contributed by atoms with E-state index < -0.39 is 0 Å². The molecule has 0 saturated heterocycles. The first-order chi connectivity index (χ1) is 10.3. The normalized spacial score (nSPS) is 10.7. The zero-order valence-corrected chi connectivity index (χ0v) is 15.3. The van der Waals surface area contributed by atoms with E-state index in [-0.39, 0.29) is 29.9 Å². The van der Waals surface area contributed by atoms with Crippen molar-refractivity contribution in [1.82, 2.24) is 16.0 Å². The summed E-state index contributed by atoms with van der Waals surface area (Å²) in [5.74, 6) is 0.798. The molecule has 2 aromatic rings. The smallest absolute Gasteiger partial charge is 0.287 e. The molecule has 0 unspecified atom stereocenters. The summed E-state index contributed by atoms with van der Waals surface area (Å²) in [6, 6.07) is 5.38. The van der Waals surface area contributed by atoms with Crippen molar-refractivity contribution in [2.75, 3.05) is 20.1 Å². The van der Waals surface area contributed by atoms with E-state index in [4.69, 9.17) is 4.42 Å². The molecule has 0 spiro atoms. The Labute approximate surface area is 150 Å². The van der Waals surface area contributed by atoms with Crippen LogP contribution in [-0.2, 0) is 6.54 Å². The Balaban J connectivity index is 0.00000242. The maximum atomic E-state index is 11.6. The highest BCUT2D eigenvalue weighted by molar-refractivity contribution is 14.0. The summed E-state index contributed by atoms with van der Waals surface area (Å²) >= 11 is 1.67. The summed E-state index contributed by atoms with van der Waals surface area (Å²) in [4.78, 5) is 15.7. The minimum absolute atomic E-state index is 0. The summed E-state index contributed by atoms with van der Waals surface area (Å²) in [6.45, 7) is 1.79. The van der Waals surface area contributed by atoms with Gasteiger partial charge in [0.2, 0.25) is 0 Å². The third-order valence-electron chi connectivity index (χ3n) is 2.71. The van der Waals surface area contributed by atoms with Crippen LogP contribution in [0.1, 0.15) is 16.1 Å². The van der Waals surface area contributed by atoms with Gasteiger partial charge in [-0.2, -0.15) is 11.3 Å². The summed E-state index contributed by atoms with van der Waals surface area (Å²) in [7, 11) is 1.71. The molecule has 2 rings (SSSR count). The maximum Gasteiger partial charge on any atom is 0.287 e. The number of aliphatic imine (C=N–C) groups is 1. The SMILES string of the molecule is CN=C(NCCNC(=O)c1ccco1)NCc1ccsc1.I. The van der Waals surface area contributed by atoms with Crippen LogP contribution in [0.15, 0.2) is 44.6 Å². The van der Waals surface area contributed by atoms with Crippen molar-refractivity contribution < 1.29 is 9.21 Å². The molecule has 22 heavy (non-hydrogen) atoms. The van der Waals surface area contributed by atoms with Gasteiger partial charge in [0.25, 0.3) is 5.91 Å². The second-order valence-corrected chi connectivity index (χ2v) is 5.00. The van der Waals surface area contributed by atoms with Crippen LogP contribution in [0.2, 0.25) is 0 Å². The average molecular weight is 434 g/mol. The Morgan fingerprint density at radius 2 is 2.09 bits per heavy atom. The summed E-state index contributed by atoms with van der Waals surface area (Å²) in [6.07, 6.45) is 1.48. The zero-order chi connectivity index (χ0) is 14.9. The van der Waals surface area contributed by atoms with Gasteiger partial charge in [-0.05, 0) is 34.5 Å².